The number of rotatable bonds is 2. The highest BCUT2D eigenvalue weighted by molar-refractivity contribution is 5.94. The molecule has 2 aromatic carbocycles. The molecule has 4 rings (SSSR count). The van der Waals surface area contributed by atoms with Crippen LogP contribution in [0.5, 0.6) is 0 Å². The molecule has 1 N–H and O–H groups in total. The smallest absolute Gasteiger partial charge is 0.244 e. The second-order valence-corrected chi connectivity index (χ2v) is 5.13. The third-order valence-corrected chi connectivity index (χ3v) is 3.83. The summed E-state index contributed by atoms with van der Waals surface area (Å²) in [7, 11) is 0. The van der Waals surface area contributed by atoms with Gasteiger partial charge in [-0.3, -0.25) is 0 Å². The summed E-state index contributed by atoms with van der Waals surface area (Å²) in [6.07, 6.45) is 2.23. The maximum atomic E-state index is 5.43. The van der Waals surface area contributed by atoms with E-state index in [9.17, 15) is 0 Å². The molecule has 1 saturated heterocycles. The lowest BCUT2D eigenvalue weighted by molar-refractivity contribution is 0.345. The quantitative estimate of drug-likeness (QED) is 0.772. The zero-order valence-electron chi connectivity index (χ0n) is 11.0. The highest BCUT2D eigenvalue weighted by Gasteiger charge is 2.23. The van der Waals surface area contributed by atoms with Gasteiger partial charge in [-0.1, -0.05) is 47.6 Å². The predicted molar refractivity (Wildman–Crippen MR) is 77.2 cm³/mol. The summed E-state index contributed by atoms with van der Waals surface area (Å²) in [5.74, 6) is 1.37. The van der Waals surface area contributed by atoms with E-state index < -0.39 is 0 Å². The van der Waals surface area contributed by atoms with E-state index in [1.165, 1.54) is 5.39 Å². The fourth-order valence-electron chi connectivity index (χ4n) is 2.80. The van der Waals surface area contributed by atoms with Crippen molar-refractivity contribution in [3.8, 4) is 11.4 Å². The van der Waals surface area contributed by atoms with E-state index in [0.717, 1.165) is 30.3 Å². The van der Waals surface area contributed by atoms with Crippen LogP contribution in [0.2, 0.25) is 0 Å². The Labute approximate surface area is 116 Å². The van der Waals surface area contributed by atoms with Crippen LogP contribution in [-0.4, -0.2) is 16.7 Å². The zero-order chi connectivity index (χ0) is 13.4. The summed E-state index contributed by atoms with van der Waals surface area (Å²) in [4.78, 5) is 4.57. The van der Waals surface area contributed by atoms with Crippen molar-refractivity contribution >= 4 is 10.8 Å². The van der Waals surface area contributed by atoms with Crippen molar-refractivity contribution in [2.45, 2.75) is 18.9 Å². The lowest BCUT2D eigenvalue weighted by Crippen LogP contribution is -2.12. The molecule has 1 aromatic heterocycles. The average molecular weight is 265 g/mol. The van der Waals surface area contributed by atoms with Gasteiger partial charge in [-0.2, -0.15) is 4.98 Å². The van der Waals surface area contributed by atoms with Crippen molar-refractivity contribution in [2.24, 2.45) is 0 Å². The third-order valence-electron chi connectivity index (χ3n) is 3.83. The van der Waals surface area contributed by atoms with Crippen LogP contribution in [0.1, 0.15) is 24.8 Å². The van der Waals surface area contributed by atoms with Gasteiger partial charge in [0.05, 0.1) is 6.04 Å². The normalized spacial score (nSPS) is 18.7. The van der Waals surface area contributed by atoms with Crippen molar-refractivity contribution in [1.29, 1.82) is 0 Å². The van der Waals surface area contributed by atoms with Crippen LogP contribution in [0.4, 0.5) is 0 Å². The lowest BCUT2D eigenvalue weighted by Gasteiger charge is -2.02. The van der Waals surface area contributed by atoms with Crippen LogP contribution in [0.25, 0.3) is 22.2 Å². The highest BCUT2D eigenvalue weighted by Crippen LogP contribution is 2.28. The molecule has 2 heterocycles. The van der Waals surface area contributed by atoms with Crippen LogP contribution in [0.15, 0.2) is 47.0 Å². The number of nitrogens with zero attached hydrogens (tertiary/aromatic N) is 2. The standard InChI is InChI=1S/C16H15N3O/c1-2-7-12-11(5-1)6-3-8-13(12)15-18-16(20-19-15)14-9-4-10-17-14/h1-3,5-8,14,17H,4,9-10H2. The largest absolute Gasteiger partial charge is 0.337 e. The van der Waals surface area contributed by atoms with E-state index in [0.29, 0.717) is 11.7 Å². The Morgan fingerprint density at radius 1 is 1.10 bits per heavy atom. The molecule has 1 aliphatic heterocycles. The molecule has 0 aliphatic carbocycles. The Morgan fingerprint density at radius 3 is 2.90 bits per heavy atom. The van der Waals surface area contributed by atoms with E-state index in [1.807, 2.05) is 24.3 Å². The molecule has 4 heteroatoms. The van der Waals surface area contributed by atoms with Gasteiger partial charge in [0.25, 0.3) is 0 Å². The molecule has 1 unspecified atom stereocenters. The van der Waals surface area contributed by atoms with Crippen molar-refractivity contribution in [2.75, 3.05) is 6.54 Å². The number of hydrogen-bond donors (Lipinski definition) is 1. The van der Waals surface area contributed by atoms with Gasteiger partial charge < -0.3 is 9.84 Å². The van der Waals surface area contributed by atoms with Crippen molar-refractivity contribution in [3.63, 3.8) is 0 Å². The molecule has 4 nitrogen and oxygen atoms in total. The van der Waals surface area contributed by atoms with Crippen molar-refractivity contribution < 1.29 is 4.52 Å². The fraction of sp³-hybridized carbons (Fsp3) is 0.250. The van der Waals surface area contributed by atoms with Gasteiger partial charge in [0.15, 0.2) is 0 Å². The molecule has 0 bridgehead atoms. The summed E-state index contributed by atoms with van der Waals surface area (Å²) in [6.45, 7) is 1.02. The van der Waals surface area contributed by atoms with E-state index in [4.69, 9.17) is 4.52 Å². The molecule has 1 fully saturated rings. The minimum Gasteiger partial charge on any atom is -0.337 e. The number of nitrogens with one attached hydrogen (secondary N) is 1. The number of aromatic nitrogens is 2. The minimum absolute atomic E-state index is 0.214. The average Bonchev–Trinajstić information content (AvgIpc) is 3.17. The number of benzene rings is 2. The number of hydrogen-bond acceptors (Lipinski definition) is 4. The molecular weight excluding hydrogens is 250 g/mol. The zero-order valence-corrected chi connectivity index (χ0v) is 11.0. The maximum Gasteiger partial charge on any atom is 0.244 e. The Kier molecular flexibility index (Phi) is 2.74. The van der Waals surface area contributed by atoms with Crippen LogP contribution >= 0.6 is 0 Å². The Hall–Kier alpha value is -2.20. The molecule has 0 amide bonds. The highest BCUT2D eigenvalue weighted by atomic mass is 16.5. The molecule has 0 radical (unpaired) electrons. The Balaban J connectivity index is 1.79. The first-order valence-corrected chi connectivity index (χ1v) is 6.97. The monoisotopic (exact) mass is 265 g/mol. The van der Waals surface area contributed by atoms with Gasteiger partial charge in [0.2, 0.25) is 11.7 Å². The van der Waals surface area contributed by atoms with Crippen molar-refractivity contribution in [1.82, 2.24) is 15.5 Å². The first-order valence-electron chi connectivity index (χ1n) is 6.97. The molecule has 0 saturated carbocycles. The summed E-state index contributed by atoms with van der Waals surface area (Å²) >= 11 is 0. The number of fused-ring (bicyclic) bond motifs is 1. The van der Waals surface area contributed by atoms with Crippen LogP contribution in [0, 0.1) is 0 Å². The second kappa shape index (κ2) is 4.72. The van der Waals surface area contributed by atoms with Gasteiger partial charge in [-0.25, -0.2) is 0 Å². The van der Waals surface area contributed by atoms with Crippen molar-refractivity contribution in [3.05, 3.63) is 48.4 Å². The van der Waals surface area contributed by atoms with Crippen LogP contribution in [0.3, 0.4) is 0 Å². The first kappa shape index (κ1) is 11.6. The fourth-order valence-corrected chi connectivity index (χ4v) is 2.80. The lowest BCUT2D eigenvalue weighted by atomic mass is 10.0. The minimum atomic E-state index is 0.214. The predicted octanol–water partition coefficient (Wildman–Crippen LogP) is 3.31. The summed E-state index contributed by atoms with van der Waals surface area (Å²) < 4.78 is 5.43. The summed E-state index contributed by atoms with van der Waals surface area (Å²) in [5, 5.41) is 9.88. The van der Waals surface area contributed by atoms with E-state index in [2.05, 4.69) is 33.7 Å². The molecule has 1 aliphatic rings. The summed E-state index contributed by atoms with van der Waals surface area (Å²) in [6, 6.07) is 14.6. The Bertz CT molecular complexity index is 739. The Morgan fingerprint density at radius 2 is 2.00 bits per heavy atom. The first-order chi connectivity index (χ1) is 9.92. The molecular formula is C16H15N3O. The summed E-state index contributed by atoms with van der Waals surface area (Å²) in [5.41, 5.74) is 1.02. The maximum absolute atomic E-state index is 5.43. The molecule has 20 heavy (non-hydrogen) atoms. The van der Waals surface area contributed by atoms with Crippen LogP contribution < -0.4 is 5.32 Å². The third kappa shape index (κ3) is 1.89. The van der Waals surface area contributed by atoms with E-state index >= 15 is 0 Å². The van der Waals surface area contributed by atoms with Gasteiger partial charge in [-0.15, -0.1) is 0 Å². The van der Waals surface area contributed by atoms with Crippen LogP contribution in [-0.2, 0) is 0 Å². The van der Waals surface area contributed by atoms with Gasteiger partial charge >= 0.3 is 0 Å². The molecule has 1 atom stereocenters. The topological polar surface area (TPSA) is 51.0 Å². The van der Waals surface area contributed by atoms with E-state index in [1.54, 1.807) is 0 Å². The molecule has 0 spiro atoms. The van der Waals surface area contributed by atoms with Gasteiger partial charge in [0, 0.05) is 5.56 Å². The van der Waals surface area contributed by atoms with Gasteiger partial charge in [0.1, 0.15) is 0 Å². The van der Waals surface area contributed by atoms with Gasteiger partial charge in [-0.05, 0) is 30.2 Å². The second-order valence-electron chi connectivity index (χ2n) is 5.13. The molecule has 3 aromatic rings. The molecule has 100 valence electrons. The SMILES string of the molecule is c1ccc2c(-c3noc(C4CCCN4)n3)cccc2c1. The van der Waals surface area contributed by atoms with E-state index in [-0.39, 0.29) is 6.04 Å².